The lowest BCUT2D eigenvalue weighted by atomic mass is 10.1. The number of hydrogen-bond donors (Lipinski definition) is 0. The number of nitrogens with zero attached hydrogens (tertiary/aromatic N) is 2. The van der Waals surface area contributed by atoms with Crippen molar-refractivity contribution in [2.45, 2.75) is 39.2 Å². The number of carbonyl (C=O) groups excluding carboxylic acids is 3. The van der Waals surface area contributed by atoms with Gasteiger partial charge in [-0.05, 0) is 25.3 Å². The van der Waals surface area contributed by atoms with Crippen molar-refractivity contribution in [3.05, 3.63) is 17.5 Å². The quantitative estimate of drug-likeness (QED) is 0.716. The van der Waals surface area contributed by atoms with Gasteiger partial charge < -0.3 is 0 Å². The Morgan fingerprint density at radius 1 is 1.44 bits per heavy atom. The molecule has 0 amide bonds. The van der Waals surface area contributed by atoms with Crippen LogP contribution in [-0.4, -0.2) is 21.7 Å². The van der Waals surface area contributed by atoms with Crippen molar-refractivity contribution in [2.24, 2.45) is 0 Å². The van der Waals surface area contributed by atoms with Gasteiger partial charge in [-0.1, -0.05) is 6.92 Å². The van der Waals surface area contributed by atoms with Crippen molar-refractivity contribution in [3.8, 4) is 0 Å². The summed E-state index contributed by atoms with van der Waals surface area (Å²) in [4.78, 5) is 27.8. The summed E-state index contributed by atoms with van der Waals surface area (Å²) < 4.78 is 1.87. The number of fused-ring (bicyclic) bond motifs is 1. The van der Waals surface area contributed by atoms with Crippen molar-refractivity contribution in [3.63, 3.8) is 0 Å². The Balaban J connectivity index is 0.000000386. The lowest BCUT2D eigenvalue weighted by Crippen LogP contribution is -2.06. The maximum Gasteiger partial charge on any atom is 0.373 e. The average molecular weight is 222 g/mol. The van der Waals surface area contributed by atoms with E-state index in [-0.39, 0.29) is 11.9 Å². The average Bonchev–Trinajstić information content (AvgIpc) is 2.61. The van der Waals surface area contributed by atoms with Crippen LogP contribution in [-0.2, 0) is 22.6 Å². The molecule has 0 saturated heterocycles. The SMILES string of the molecule is CCc1cc2n(n1)CCCCC2=O.O=C=O. The van der Waals surface area contributed by atoms with E-state index in [1.807, 2.05) is 10.7 Å². The monoisotopic (exact) mass is 222 g/mol. The molecule has 0 unspecified atom stereocenters. The van der Waals surface area contributed by atoms with E-state index >= 15 is 0 Å². The number of carbonyl (C=O) groups is 1. The molecule has 0 bridgehead atoms. The Bertz CT molecular complexity index is 403. The largest absolute Gasteiger partial charge is 0.373 e. The zero-order valence-electron chi connectivity index (χ0n) is 9.23. The van der Waals surface area contributed by atoms with Gasteiger partial charge in [0.05, 0.1) is 5.69 Å². The van der Waals surface area contributed by atoms with Crippen LogP contribution in [0.15, 0.2) is 6.07 Å². The van der Waals surface area contributed by atoms with Gasteiger partial charge in [-0.15, -0.1) is 0 Å². The van der Waals surface area contributed by atoms with Gasteiger partial charge in [-0.2, -0.15) is 14.7 Å². The van der Waals surface area contributed by atoms with Crippen molar-refractivity contribution >= 4 is 11.9 Å². The first kappa shape index (κ1) is 12.3. The molecule has 1 aliphatic rings. The second-order valence-corrected chi connectivity index (χ2v) is 3.56. The molecule has 5 heteroatoms. The van der Waals surface area contributed by atoms with Crippen LogP contribution in [0.2, 0.25) is 0 Å². The Hall–Kier alpha value is -1.74. The third-order valence-corrected chi connectivity index (χ3v) is 2.50. The fraction of sp³-hybridized carbons (Fsp3) is 0.545. The molecule has 5 nitrogen and oxygen atoms in total. The summed E-state index contributed by atoms with van der Waals surface area (Å²) in [5, 5.41) is 4.38. The molecule has 0 aliphatic carbocycles. The highest BCUT2D eigenvalue weighted by atomic mass is 16.2. The molecule has 0 spiro atoms. The zero-order valence-corrected chi connectivity index (χ0v) is 9.23. The van der Waals surface area contributed by atoms with Gasteiger partial charge in [0, 0.05) is 13.0 Å². The third kappa shape index (κ3) is 2.87. The molecule has 1 aliphatic heterocycles. The van der Waals surface area contributed by atoms with Crippen molar-refractivity contribution < 1.29 is 14.4 Å². The number of Topliss-reactive ketones (excluding diaryl/α,β-unsaturated/α-hetero) is 1. The maximum atomic E-state index is 11.6. The number of rotatable bonds is 1. The van der Waals surface area contributed by atoms with Crippen LogP contribution in [0.5, 0.6) is 0 Å². The van der Waals surface area contributed by atoms with Gasteiger partial charge in [-0.25, -0.2) is 0 Å². The summed E-state index contributed by atoms with van der Waals surface area (Å²) in [5.41, 5.74) is 1.85. The standard InChI is InChI=1S/C10H14N2O.CO2/c1-2-8-7-9-10(13)5-3-4-6-12(9)11-8;2-1-3/h7H,2-6H2,1H3;. The van der Waals surface area contributed by atoms with Crippen LogP contribution in [0.25, 0.3) is 0 Å². The molecule has 86 valence electrons. The predicted octanol–water partition coefficient (Wildman–Crippen LogP) is 1.23. The van der Waals surface area contributed by atoms with Crippen molar-refractivity contribution in [1.82, 2.24) is 9.78 Å². The lowest BCUT2D eigenvalue weighted by molar-refractivity contribution is -0.191. The number of ketones is 1. The minimum absolute atomic E-state index is 0.250. The minimum atomic E-state index is 0.250. The molecule has 0 saturated carbocycles. The molecule has 0 fully saturated rings. The highest BCUT2D eigenvalue weighted by molar-refractivity contribution is 5.94. The van der Waals surface area contributed by atoms with Crippen LogP contribution in [0.3, 0.4) is 0 Å². The smallest absolute Gasteiger partial charge is 0.292 e. The van der Waals surface area contributed by atoms with Gasteiger partial charge in [-0.3, -0.25) is 9.48 Å². The second kappa shape index (κ2) is 5.98. The third-order valence-electron chi connectivity index (χ3n) is 2.50. The molecule has 2 heterocycles. The summed E-state index contributed by atoms with van der Waals surface area (Å²) >= 11 is 0. The zero-order chi connectivity index (χ0) is 12.0. The molecular weight excluding hydrogens is 208 g/mol. The van der Waals surface area contributed by atoms with Crippen molar-refractivity contribution in [2.75, 3.05) is 0 Å². The Morgan fingerprint density at radius 3 is 2.75 bits per heavy atom. The summed E-state index contributed by atoms with van der Waals surface area (Å²) in [6, 6.07) is 1.94. The Morgan fingerprint density at radius 2 is 2.12 bits per heavy atom. The highest BCUT2D eigenvalue weighted by Crippen LogP contribution is 2.15. The highest BCUT2D eigenvalue weighted by Gasteiger charge is 2.17. The first-order valence-electron chi connectivity index (χ1n) is 5.32. The minimum Gasteiger partial charge on any atom is -0.292 e. The number of hydrogen-bond acceptors (Lipinski definition) is 4. The Labute approximate surface area is 93.4 Å². The van der Waals surface area contributed by atoms with Gasteiger partial charge in [0.2, 0.25) is 0 Å². The van der Waals surface area contributed by atoms with Crippen LogP contribution in [0.1, 0.15) is 42.4 Å². The number of aryl methyl sites for hydroxylation is 2. The van der Waals surface area contributed by atoms with E-state index in [0.717, 1.165) is 37.2 Å². The molecule has 0 atom stereocenters. The van der Waals surface area contributed by atoms with Crippen LogP contribution in [0.4, 0.5) is 0 Å². The molecule has 0 aromatic carbocycles. The molecule has 0 radical (unpaired) electrons. The predicted molar refractivity (Wildman–Crippen MR) is 54.8 cm³/mol. The first-order chi connectivity index (χ1) is 7.72. The van der Waals surface area contributed by atoms with E-state index in [1.54, 1.807) is 0 Å². The van der Waals surface area contributed by atoms with E-state index in [0.29, 0.717) is 6.42 Å². The fourth-order valence-electron chi connectivity index (χ4n) is 1.71. The van der Waals surface area contributed by atoms with E-state index in [1.165, 1.54) is 0 Å². The molecule has 0 N–H and O–H groups in total. The normalized spacial score (nSPS) is 14.2. The van der Waals surface area contributed by atoms with Gasteiger partial charge in [0.15, 0.2) is 5.78 Å². The summed E-state index contributed by atoms with van der Waals surface area (Å²) in [7, 11) is 0. The summed E-state index contributed by atoms with van der Waals surface area (Å²) in [5.74, 6) is 0.254. The fourth-order valence-corrected chi connectivity index (χ4v) is 1.71. The summed E-state index contributed by atoms with van der Waals surface area (Å²) in [6.07, 6.45) is 3.93. The number of aromatic nitrogens is 2. The van der Waals surface area contributed by atoms with E-state index < -0.39 is 0 Å². The molecular formula is C11H14N2O3. The van der Waals surface area contributed by atoms with Crippen LogP contribution >= 0.6 is 0 Å². The van der Waals surface area contributed by atoms with Crippen LogP contribution < -0.4 is 0 Å². The summed E-state index contributed by atoms with van der Waals surface area (Å²) in [6.45, 7) is 2.97. The maximum absolute atomic E-state index is 11.6. The lowest BCUT2D eigenvalue weighted by Gasteiger charge is -1.98. The van der Waals surface area contributed by atoms with E-state index in [9.17, 15) is 4.79 Å². The van der Waals surface area contributed by atoms with Crippen molar-refractivity contribution in [1.29, 1.82) is 0 Å². The van der Waals surface area contributed by atoms with E-state index in [2.05, 4.69) is 12.0 Å². The first-order valence-corrected chi connectivity index (χ1v) is 5.32. The molecule has 2 rings (SSSR count). The molecule has 16 heavy (non-hydrogen) atoms. The topological polar surface area (TPSA) is 69.0 Å². The van der Waals surface area contributed by atoms with E-state index in [4.69, 9.17) is 9.59 Å². The van der Waals surface area contributed by atoms with Gasteiger partial charge >= 0.3 is 6.15 Å². The second-order valence-electron chi connectivity index (χ2n) is 3.56. The molecule has 1 aromatic rings. The molecule has 1 aromatic heterocycles. The van der Waals surface area contributed by atoms with Gasteiger partial charge in [0.25, 0.3) is 0 Å². The Kier molecular flexibility index (Phi) is 4.61. The van der Waals surface area contributed by atoms with Gasteiger partial charge in [0.1, 0.15) is 5.69 Å². The van der Waals surface area contributed by atoms with Crippen LogP contribution in [0, 0.1) is 0 Å².